The quantitative estimate of drug-likeness (QED) is 0.664. The van der Waals surface area contributed by atoms with Crippen molar-refractivity contribution in [2.75, 3.05) is 19.6 Å². The number of fused-ring (bicyclic) bond motifs is 1. The fourth-order valence-corrected chi connectivity index (χ4v) is 4.15. The van der Waals surface area contributed by atoms with Crippen LogP contribution in [0.15, 0.2) is 48.8 Å². The number of piperidine rings is 1. The summed E-state index contributed by atoms with van der Waals surface area (Å²) >= 11 is 0. The molecule has 1 aliphatic heterocycles. The van der Waals surface area contributed by atoms with Crippen molar-refractivity contribution >= 4 is 16.8 Å². The van der Waals surface area contributed by atoms with Crippen LogP contribution in [-0.4, -0.2) is 56.6 Å². The molecule has 3 aromatic rings. The number of nitrogens with one attached hydrogen (secondary N) is 1. The second kappa shape index (κ2) is 9.18. The summed E-state index contributed by atoms with van der Waals surface area (Å²) in [5.41, 5.74) is 2.46. The number of H-pyrrole nitrogens is 1. The molecular formula is C23H29N5O. The fraction of sp³-hybridized carbons (Fsp3) is 0.435. The molecule has 4 rings (SSSR count). The molecule has 29 heavy (non-hydrogen) atoms. The zero-order valence-corrected chi connectivity index (χ0v) is 17.1. The van der Waals surface area contributed by atoms with Crippen molar-refractivity contribution < 1.29 is 4.79 Å². The first-order valence-electron chi connectivity index (χ1n) is 10.6. The maximum absolute atomic E-state index is 13.6. The van der Waals surface area contributed by atoms with E-state index >= 15 is 0 Å². The molecular weight excluding hydrogens is 362 g/mol. The average molecular weight is 392 g/mol. The summed E-state index contributed by atoms with van der Waals surface area (Å²) in [5, 5.41) is 8.25. The zero-order chi connectivity index (χ0) is 20.1. The van der Waals surface area contributed by atoms with Crippen LogP contribution >= 0.6 is 0 Å². The highest BCUT2D eigenvalue weighted by Gasteiger charge is 2.30. The number of aromatic amines is 1. The number of likely N-dealkylation sites (tertiary alicyclic amines) is 1. The summed E-state index contributed by atoms with van der Waals surface area (Å²) in [6.07, 6.45) is 8.07. The third kappa shape index (κ3) is 4.48. The summed E-state index contributed by atoms with van der Waals surface area (Å²) in [6, 6.07) is 12.0. The largest absolute Gasteiger partial charge is 0.330 e. The third-order valence-electron chi connectivity index (χ3n) is 5.84. The van der Waals surface area contributed by atoms with Crippen LogP contribution < -0.4 is 0 Å². The predicted octanol–water partition coefficient (Wildman–Crippen LogP) is 3.86. The number of hydrogen-bond donors (Lipinski definition) is 1. The topological polar surface area (TPSA) is 65.1 Å². The second-order valence-electron chi connectivity index (χ2n) is 7.84. The Balaban J connectivity index is 1.56. The number of pyridine rings is 1. The van der Waals surface area contributed by atoms with Gasteiger partial charge in [0.2, 0.25) is 0 Å². The summed E-state index contributed by atoms with van der Waals surface area (Å²) in [5.74, 6) is -0.00156. The summed E-state index contributed by atoms with van der Waals surface area (Å²) < 4.78 is 0. The van der Waals surface area contributed by atoms with E-state index in [2.05, 4.69) is 27.0 Å². The Kier molecular flexibility index (Phi) is 6.20. The van der Waals surface area contributed by atoms with E-state index in [-0.39, 0.29) is 11.9 Å². The molecule has 2 aromatic heterocycles. The van der Waals surface area contributed by atoms with Crippen molar-refractivity contribution in [1.29, 1.82) is 0 Å². The number of nitrogens with zero attached hydrogens (tertiary/aromatic N) is 4. The van der Waals surface area contributed by atoms with Crippen LogP contribution in [0.1, 0.15) is 48.7 Å². The first-order valence-corrected chi connectivity index (χ1v) is 10.6. The Morgan fingerprint density at radius 3 is 2.79 bits per heavy atom. The van der Waals surface area contributed by atoms with E-state index in [1.165, 1.54) is 12.8 Å². The highest BCUT2D eigenvalue weighted by atomic mass is 16.2. The van der Waals surface area contributed by atoms with E-state index in [1.54, 1.807) is 6.20 Å². The maximum Gasteiger partial charge on any atom is 0.275 e. The molecule has 0 atom stereocenters. The summed E-state index contributed by atoms with van der Waals surface area (Å²) in [4.78, 5) is 22.4. The van der Waals surface area contributed by atoms with Gasteiger partial charge in [-0.25, -0.2) is 0 Å². The molecule has 0 spiro atoms. The average Bonchev–Trinajstić information content (AvgIpc) is 3.21. The lowest BCUT2D eigenvalue weighted by atomic mass is 10.0. The predicted molar refractivity (Wildman–Crippen MR) is 115 cm³/mol. The van der Waals surface area contributed by atoms with Gasteiger partial charge < -0.3 is 9.80 Å². The van der Waals surface area contributed by atoms with Gasteiger partial charge in [-0.15, -0.1) is 0 Å². The summed E-state index contributed by atoms with van der Waals surface area (Å²) in [7, 11) is 0. The number of para-hydroxylation sites is 1. The highest BCUT2D eigenvalue weighted by Crippen LogP contribution is 2.24. The standard InChI is InChI=1S/C23H29N5O/c1-2-3-13-27-14-10-19(11-15-27)28(17-18-7-6-12-24-16-18)23(29)22-20-8-4-5-9-21(20)25-26-22/h4-9,12,16,19H,2-3,10-11,13-15,17H2,1H3,(H,25,26). The lowest BCUT2D eigenvalue weighted by Gasteiger charge is -2.38. The molecule has 1 aromatic carbocycles. The number of benzene rings is 1. The van der Waals surface area contributed by atoms with Crippen LogP contribution in [-0.2, 0) is 6.54 Å². The highest BCUT2D eigenvalue weighted by molar-refractivity contribution is 6.04. The minimum Gasteiger partial charge on any atom is -0.330 e. The molecule has 1 N–H and O–H groups in total. The van der Waals surface area contributed by atoms with Crippen molar-refractivity contribution in [2.24, 2.45) is 0 Å². The monoisotopic (exact) mass is 391 g/mol. The van der Waals surface area contributed by atoms with E-state index in [9.17, 15) is 4.79 Å². The van der Waals surface area contributed by atoms with Crippen LogP contribution in [0.3, 0.4) is 0 Å². The van der Waals surface area contributed by atoms with Crippen molar-refractivity contribution in [3.8, 4) is 0 Å². The molecule has 0 saturated carbocycles. The molecule has 3 heterocycles. The SMILES string of the molecule is CCCCN1CCC(N(Cc2cccnc2)C(=O)c2n[nH]c3ccccc23)CC1. The zero-order valence-electron chi connectivity index (χ0n) is 17.1. The molecule has 1 aliphatic rings. The number of aromatic nitrogens is 3. The number of carbonyl (C=O) groups excluding carboxylic acids is 1. The normalized spacial score (nSPS) is 15.6. The van der Waals surface area contributed by atoms with Gasteiger partial charge in [0.05, 0.1) is 5.52 Å². The minimum absolute atomic E-state index is 0.00156. The molecule has 1 fully saturated rings. The van der Waals surface area contributed by atoms with Crippen LogP contribution in [0.2, 0.25) is 0 Å². The number of unbranched alkanes of at least 4 members (excludes halogenated alkanes) is 1. The van der Waals surface area contributed by atoms with Gasteiger partial charge in [0, 0.05) is 43.5 Å². The number of rotatable bonds is 7. The Morgan fingerprint density at radius 2 is 2.03 bits per heavy atom. The van der Waals surface area contributed by atoms with Gasteiger partial charge in [0.15, 0.2) is 5.69 Å². The lowest BCUT2D eigenvalue weighted by molar-refractivity contribution is 0.0544. The molecule has 0 aliphatic carbocycles. The minimum atomic E-state index is -0.00156. The maximum atomic E-state index is 13.6. The smallest absolute Gasteiger partial charge is 0.275 e. The molecule has 0 bridgehead atoms. The van der Waals surface area contributed by atoms with Gasteiger partial charge >= 0.3 is 0 Å². The Labute approximate surface area is 171 Å². The molecule has 1 saturated heterocycles. The number of hydrogen-bond acceptors (Lipinski definition) is 4. The Hall–Kier alpha value is -2.73. The lowest BCUT2D eigenvalue weighted by Crippen LogP contribution is -2.47. The number of carbonyl (C=O) groups is 1. The van der Waals surface area contributed by atoms with Gasteiger partial charge in [-0.2, -0.15) is 5.10 Å². The molecule has 1 amide bonds. The van der Waals surface area contributed by atoms with E-state index in [0.717, 1.165) is 48.9 Å². The first-order chi connectivity index (χ1) is 14.3. The van der Waals surface area contributed by atoms with E-state index < -0.39 is 0 Å². The van der Waals surface area contributed by atoms with Gasteiger partial charge in [-0.1, -0.05) is 37.6 Å². The van der Waals surface area contributed by atoms with Gasteiger partial charge in [-0.05, 0) is 43.5 Å². The van der Waals surface area contributed by atoms with Crippen molar-refractivity contribution in [3.63, 3.8) is 0 Å². The molecule has 6 heteroatoms. The fourth-order valence-electron chi connectivity index (χ4n) is 4.15. The van der Waals surface area contributed by atoms with E-state index in [4.69, 9.17) is 0 Å². The van der Waals surface area contributed by atoms with E-state index in [0.29, 0.717) is 12.2 Å². The van der Waals surface area contributed by atoms with E-state index in [1.807, 2.05) is 47.5 Å². The van der Waals surface area contributed by atoms with Crippen molar-refractivity contribution in [3.05, 3.63) is 60.0 Å². The van der Waals surface area contributed by atoms with Crippen molar-refractivity contribution in [2.45, 2.75) is 45.2 Å². The third-order valence-corrected chi connectivity index (χ3v) is 5.84. The van der Waals surface area contributed by atoms with Gasteiger partial charge in [0.1, 0.15) is 0 Å². The van der Waals surface area contributed by atoms with Crippen LogP contribution in [0.4, 0.5) is 0 Å². The Morgan fingerprint density at radius 1 is 1.21 bits per heavy atom. The van der Waals surface area contributed by atoms with Crippen LogP contribution in [0.5, 0.6) is 0 Å². The molecule has 0 radical (unpaired) electrons. The molecule has 0 unspecified atom stereocenters. The second-order valence-corrected chi connectivity index (χ2v) is 7.84. The van der Waals surface area contributed by atoms with Crippen LogP contribution in [0.25, 0.3) is 10.9 Å². The van der Waals surface area contributed by atoms with Crippen LogP contribution in [0, 0.1) is 0 Å². The molecule has 152 valence electrons. The van der Waals surface area contributed by atoms with Gasteiger partial charge in [-0.3, -0.25) is 14.9 Å². The first kappa shape index (κ1) is 19.6. The van der Waals surface area contributed by atoms with Crippen molar-refractivity contribution in [1.82, 2.24) is 25.0 Å². The number of amides is 1. The summed E-state index contributed by atoms with van der Waals surface area (Å²) in [6.45, 7) is 6.04. The van der Waals surface area contributed by atoms with Gasteiger partial charge in [0.25, 0.3) is 5.91 Å². The molecule has 6 nitrogen and oxygen atoms in total. The Bertz CT molecular complexity index is 931.